The largest absolute Gasteiger partial charge is 0.460 e. The standard InChI is InChI=1S/C18H28N4O3/c1-12-3-5-14(6-4-12)25-18-20-8-7-16(21-18)22-10-13(15(23)11-22)9-17(24)19-2/h7-8,12-15,23H,3-6,9-11H2,1-2H3,(H,19,24)/t12?,13-,14?,15-/m1/s1. The number of nitrogens with zero attached hydrogens (tertiary/aromatic N) is 3. The van der Waals surface area contributed by atoms with Gasteiger partial charge >= 0.3 is 6.01 Å². The molecule has 0 spiro atoms. The molecule has 0 unspecified atom stereocenters. The van der Waals surface area contributed by atoms with Crippen LogP contribution < -0.4 is 15.0 Å². The van der Waals surface area contributed by atoms with Gasteiger partial charge in [0.05, 0.1) is 6.10 Å². The molecule has 0 radical (unpaired) electrons. The number of nitrogens with one attached hydrogen (secondary N) is 1. The zero-order chi connectivity index (χ0) is 17.8. The maximum Gasteiger partial charge on any atom is 0.318 e. The summed E-state index contributed by atoms with van der Waals surface area (Å²) in [6, 6.07) is 2.23. The van der Waals surface area contributed by atoms with Gasteiger partial charge in [0, 0.05) is 38.7 Å². The number of aromatic nitrogens is 2. The van der Waals surface area contributed by atoms with E-state index in [1.807, 2.05) is 11.0 Å². The van der Waals surface area contributed by atoms with Crippen molar-refractivity contribution in [2.45, 2.75) is 51.2 Å². The Morgan fingerprint density at radius 3 is 2.84 bits per heavy atom. The number of hydrogen-bond donors (Lipinski definition) is 2. The summed E-state index contributed by atoms with van der Waals surface area (Å²) in [6.07, 6.45) is 6.14. The molecule has 1 aliphatic heterocycles. The summed E-state index contributed by atoms with van der Waals surface area (Å²) >= 11 is 0. The molecular formula is C18H28N4O3. The van der Waals surface area contributed by atoms with Crippen molar-refractivity contribution in [3.8, 4) is 6.01 Å². The van der Waals surface area contributed by atoms with E-state index in [9.17, 15) is 9.90 Å². The van der Waals surface area contributed by atoms with E-state index in [1.165, 1.54) is 12.8 Å². The fourth-order valence-corrected chi connectivity index (χ4v) is 3.64. The monoisotopic (exact) mass is 348 g/mol. The Balaban J connectivity index is 1.60. The van der Waals surface area contributed by atoms with Crippen molar-refractivity contribution in [1.82, 2.24) is 15.3 Å². The topological polar surface area (TPSA) is 87.6 Å². The SMILES string of the molecule is CNC(=O)C[C@@H]1CN(c2ccnc(OC3CCC(C)CC3)n2)C[C@H]1O. The van der Waals surface area contributed by atoms with Crippen LogP contribution in [-0.2, 0) is 4.79 Å². The number of amides is 1. The molecule has 0 bridgehead atoms. The molecule has 1 saturated heterocycles. The molecule has 3 rings (SSSR count). The number of anilines is 1. The zero-order valence-corrected chi connectivity index (χ0v) is 15.0. The molecular weight excluding hydrogens is 320 g/mol. The highest BCUT2D eigenvalue weighted by Gasteiger charge is 2.33. The fraction of sp³-hybridized carbons (Fsp3) is 0.722. The highest BCUT2D eigenvalue weighted by Crippen LogP contribution is 2.28. The third kappa shape index (κ3) is 4.60. The molecule has 1 aromatic rings. The second-order valence-electron chi connectivity index (χ2n) is 7.31. The number of aliphatic hydroxyl groups is 1. The average Bonchev–Trinajstić information content (AvgIpc) is 2.98. The maximum absolute atomic E-state index is 11.6. The molecule has 7 nitrogen and oxygen atoms in total. The predicted molar refractivity (Wildman–Crippen MR) is 94.5 cm³/mol. The fourth-order valence-electron chi connectivity index (χ4n) is 3.64. The number of β-amino-alcohol motifs (C(OH)–C–C–N with tert-alkyl or cyclic N) is 1. The highest BCUT2D eigenvalue weighted by molar-refractivity contribution is 5.76. The summed E-state index contributed by atoms with van der Waals surface area (Å²) in [5, 5.41) is 12.8. The summed E-state index contributed by atoms with van der Waals surface area (Å²) in [4.78, 5) is 22.3. The highest BCUT2D eigenvalue weighted by atomic mass is 16.5. The van der Waals surface area contributed by atoms with Gasteiger partial charge in [-0.15, -0.1) is 0 Å². The molecule has 2 fully saturated rings. The summed E-state index contributed by atoms with van der Waals surface area (Å²) in [5.74, 6) is 1.38. The Bertz CT molecular complexity index is 589. The molecule has 1 amide bonds. The average molecular weight is 348 g/mol. The lowest BCUT2D eigenvalue weighted by Crippen LogP contribution is -2.27. The zero-order valence-electron chi connectivity index (χ0n) is 15.0. The van der Waals surface area contributed by atoms with E-state index >= 15 is 0 Å². The number of rotatable bonds is 5. The van der Waals surface area contributed by atoms with Crippen molar-refractivity contribution in [2.24, 2.45) is 11.8 Å². The van der Waals surface area contributed by atoms with E-state index in [4.69, 9.17) is 4.74 Å². The summed E-state index contributed by atoms with van der Waals surface area (Å²) in [7, 11) is 1.61. The maximum atomic E-state index is 11.6. The van der Waals surface area contributed by atoms with Crippen LogP contribution in [0, 0.1) is 11.8 Å². The molecule has 1 saturated carbocycles. The van der Waals surface area contributed by atoms with Gasteiger partial charge in [-0.25, -0.2) is 4.98 Å². The Labute approximate surface area is 148 Å². The summed E-state index contributed by atoms with van der Waals surface area (Å²) in [6.45, 7) is 3.35. The van der Waals surface area contributed by atoms with E-state index < -0.39 is 6.10 Å². The molecule has 25 heavy (non-hydrogen) atoms. The Morgan fingerprint density at radius 1 is 1.36 bits per heavy atom. The Kier molecular flexibility index (Phi) is 5.73. The lowest BCUT2D eigenvalue weighted by Gasteiger charge is -2.26. The Morgan fingerprint density at radius 2 is 2.12 bits per heavy atom. The van der Waals surface area contributed by atoms with E-state index in [-0.39, 0.29) is 17.9 Å². The first-order chi connectivity index (χ1) is 12.0. The van der Waals surface area contributed by atoms with Gasteiger partial charge in [-0.05, 0) is 37.7 Å². The number of ether oxygens (including phenoxy) is 1. The lowest BCUT2D eigenvalue weighted by atomic mass is 9.89. The van der Waals surface area contributed by atoms with Gasteiger partial charge in [0.2, 0.25) is 5.91 Å². The lowest BCUT2D eigenvalue weighted by molar-refractivity contribution is -0.122. The summed E-state index contributed by atoms with van der Waals surface area (Å²) < 4.78 is 5.96. The second kappa shape index (κ2) is 7.99. The normalized spacial score (nSPS) is 29.5. The van der Waals surface area contributed by atoms with Crippen molar-refractivity contribution in [3.63, 3.8) is 0 Å². The number of hydrogen-bond acceptors (Lipinski definition) is 6. The van der Waals surface area contributed by atoms with Gasteiger partial charge in [0.15, 0.2) is 0 Å². The van der Waals surface area contributed by atoms with Crippen molar-refractivity contribution in [3.05, 3.63) is 12.3 Å². The van der Waals surface area contributed by atoms with Crippen LogP contribution in [0.25, 0.3) is 0 Å². The van der Waals surface area contributed by atoms with Crippen LogP contribution in [0.5, 0.6) is 6.01 Å². The minimum atomic E-state index is -0.531. The third-order valence-electron chi connectivity index (χ3n) is 5.31. The van der Waals surface area contributed by atoms with E-state index in [0.29, 0.717) is 25.5 Å². The van der Waals surface area contributed by atoms with Crippen LogP contribution in [-0.4, -0.2) is 53.3 Å². The molecule has 2 heterocycles. The van der Waals surface area contributed by atoms with E-state index in [2.05, 4.69) is 22.2 Å². The predicted octanol–water partition coefficient (Wildman–Crippen LogP) is 1.37. The van der Waals surface area contributed by atoms with Crippen LogP contribution in [0.15, 0.2) is 12.3 Å². The Hall–Kier alpha value is -1.89. The molecule has 0 aromatic carbocycles. The number of carbonyl (C=O) groups is 1. The first kappa shape index (κ1) is 17.9. The second-order valence-corrected chi connectivity index (χ2v) is 7.31. The molecule has 1 aromatic heterocycles. The quantitative estimate of drug-likeness (QED) is 0.836. The van der Waals surface area contributed by atoms with Crippen molar-refractivity contribution in [2.75, 3.05) is 25.0 Å². The van der Waals surface area contributed by atoms with E-state index in [1.54, 1.807) is 13.2 Å². The van der Waals surface area contributed by atoms with Crippen molar-refractivity contribution < 1.29 is 14.6 Å². The van der Waals surface area contributed by atoms with Crippen LogP contribution in [0.3, 0.4) is 0 Å². The minimum Gasteiger partial charge on any atom is -0.460 e. The van der Waals surface area contributed by atoms with Crippen molar-refractivity contribution in [1.29, 1.82) is 0 Å². The van der Waals surface area contributed by atoms with Gasteiger partial charge in [-0.2, -0.15) is 4.98 Å². The number of aliphatic hydroxyl groups excluding tert-OH is 1. The van der Waals surface area contributed by atoms with Crippen LogP contribution >= 0.6 is 0 Å². The molecule has 2 N–H and O–H groups in total. The van der Waals surface area contributed by atoms with Gasteiger partial charge in [-0.1, -0.05) is 6.92 Å². The van der Waals surface area contributed by atoms with Crippen LogP contribution in [0.2, 0.25) is 0 Å². The molecule has 138 valence electrons. The summed E-state index contributed by atoms with van der Waals surface area (Å²) in [5.41, 5.74) is 0. The van der Waals surface area contributed by atoms with Gasteiger partial charge in [0.1, 0.15) is 11.9 Å². The minimum absolute atomic E-state index is 0.0517. The molecule has 2 atom stereocenters. The van der Waals surface area contributed by atoms with Crippen LogP contribution in [0.4, 0.5) is 5.82 Å². The molecule has 1 aliphatic carbocycles. The number of carbonyl (C=O) groups excluding carboxylic acids is 1. The third-order valence-corrected chi connectivity index (χ3v) is 5.31. The molecule has 2 aliphatic rings. The van der Waals surface area contributed by atoms with Gasteiger partial charge in [0.25, 0.3) is 0 Å². The van der Waals surface area contributed by atoms with Gasteiger partial charge < -0.3 is 20.1 Å². The first-order valence-corrected chi connectivity index (χ1v) is 9.18. The van der Waals surface area contributed by atoms with Crippen molar-refractivity contribution >= 4 is 11.7 Å². The molecule has 7 heteroatoms. The van der Waals surface area contributed by atoms with E-state index in [0.717, 1.165) is 24.6 Å². The first-order valence-electron chi connectivity index (χ1n) is 9.18. The van der Waals surface area contributed by atoms with Crippen LogP contribution in [0.1, 0.15) is 39.0 Å². The van der Waals surface area contributed by atoms with Gasteiger partial charge in [-0.3, -0.25) is 4.79 Å². The smallest absolute Gasteiger partial charge is 0.318 e.